The number of carboxylic acid groups (broad SMARTS) is 1. The number of carboxylic acids is 1. The van der Waals surface area contributed by atoms with E-state index in [-0.39, 0.29) is 12.0 Å². The molecule has 0 aliphatic heterocycles. The molecule has 1 aromatic carbocycles. The summed E-state index contributed by atoms with van der Waals surface area (Å²) in [5, 5.41) is 17.9. The standard InChI is InChI=1S/C18H19N5O2/c24-17(25)12-5-7-14(8-6-12)21-18-19-10-9-16(22-18)23-15-4-2-1-3-13(15)11-20-23/h1-4,9-12,14H,5-8H2,(H,24,25)(H,19,21,22)/t12-,14-. The third-order valence-electron chi connectivity index (χ3n) is 4.74. The van der Waals surface area contributed by atoms with Crippen LogP contribution in [0.3, 0.4) is 0 Å². The zero-order valence-corrected chi connectivity index (χ0v) is 13.7. The zero-order chi connectivity index (χ0) is 17.2. The van der Waals surface area contributed by atoms with E-state index in [9.17, 15) is 4.79 Å². The second kappa shape index (κ2) is 6.51. The van der Waals surface area contributed by atoms with Crippen LogP contribution in [-0.4, -0.2) is 36.9 Å². The van der Waals surface area contributed by atoms with Crippen molar-refractivity contribution in [3.8, 4) is 5.82 Å². The summed E-state index contributed by atoms with van der Waals surface area (Å²) in [5.41, 5.74) is 0.995. The van der Waals surface area contributed by atoms with E-state index < -0.39 is 5.97 Å². The van der Waals surface area contributed by atoms with Gasteiger partial charge in [-0.3, -0.25) is 4.79 Å². The van der Waals surface area contributed by atoms with Gasteiger partial charge in [-0.1, -0.05) is 18.2 Å². The highest BCUT2D eigenvalue weighted by Gasteiger charge is 2.26. The van der Waals surface area contributed by atoms with Gasteiger partial charge in [-0.25, -0.2) is 9.67 Å². The van der Waals surface area contributed by atoms with Gasteiger partial charge in [-0.05, 0) is 31.7 Å². The summed E-state index contributed by atoms with van der Waals surface area (Å²) in [6.07, 6.45) is 6.54. The molecule has 2 aromatic heterocycles. The molecule has 0 bridgehead atoms. The Hall–Kier alpha value is -2.96. The van der Waals surface area contributed by atoms with Crippen molar-refractivity contribution >= 4 is 22.8 Å². The molecule has 1 aliphatic rings. The number of hydrogen-bond donors (Lipinski definition) is 2. The van der Waals surface area contributed by atoms with Gasteiger partial charge >= 0.3 is 5.97 Å². The number of hydrogen-bond acceptors (Lipinski definition) is 5. The molecule has 2 N–H and O–H groups in total. The van der Waals surface area contributed by atoms with E-state index in [1.807, 2.05) is 36.5 Å². The van der Waals surface area contributed by atoms with E-state index in [4.69, 9.17) is 5.11 Å². The van der Waals surface area contributed by atoms with E-state index >= 15 is 0 Å². The maximum atomic E-state index is 11.0. The summed E-state index contributed by atoms with van der Waals surface area (Å²) >= 11 is 0. The molecule has 0 amide bonds. The summed E-state index contributed by atoms with van der Waals surface area (Å²) in [6, 6.07) is 10.0. The van der Waals surface area contributed by atoms with Crippen LogP contribution >= 0.6 is 0 Å². The molecule has 2 heterocycles. The number of para-hydroxylation sites is 1. The molecule has 0 atom stereocenters. The fourth-order valence-electron chi connectivity index (χ4n) is 3.36. The van der Waals surface area contributed by atoms with Crippen LogP contribution in [0.4, 0.5) is 5.95 Å². The van der Waals surface area contributed by atoms with Crippen molar-refractivity contribution in [1.29, 1.82) is 0 Å². The number of aromatic nitrogens is 4. The van der Waals surface area contributed by atoms with Gasteiger partial charge in [-0.15, -0.1) is 0 Å². The first kappa shape index (κ1) is 15.6. The fraction of sp³-hybridized carbons (Fsp3) is 0.333. The monoisotopic (exact) mass is 337 g/mol. The normalized spacial score (nSPS) is 20.5. The average Bonchev–Trinajstić information content (AvgIpc) is 3.06. The van der Waals surface area contributed by atoms with Gasteiger partial charge in [0.2, 0.25) is 5.95 Å². The molecule has 1 saturated carbocycles. The number of fused-ring (bicyclic) bond motifs is 1. The van der Waals surface area contributed by atoms with Crippen LogP contribution < -0.4 is 5.32 Å². The van der Waals surface area contributed by atoms with Crippen LogP contribution in [0.2, 0.25) is 0 Å². The lowest BCUT2D eigenvalue weighted by molar-refractivity contribution is -0.142. The van der Waals surface area contributed by atoms with Crippen LogP contribution in [0.5, 0.6) is 0 Å². The summed E-state index contributed by atoms with van der Waals surface area (Å²) in [6.45, 7) is 0. The Morgan fingerprint density at radius 1 is 1.16 bits per heavy atom. The molecule has 4 rings (SSSR count). The van der Waals surface area contributed by atoms with Crippen LogP contribution in [0.15, 0.2) is 42.7 Å². The number of carbonyl (C=O) groups is 1. The SMILES string of the molecule is O=C(O)[C@H]1CC[C@H](Nc2nccc(-n3ncc4ccccc43)n2)CC1. The number of nitrogens with one attached hydrogen (secondary N) is 1. The molecule has 1 fully saturated rings. The average molecular weight is 337 g/mol. The van der Waals surface area contributed by atoms with Gasteiger partial charge in [-0.2, -0.15) is 10.1 Å². The summed E-state index contributed by atoms with van der Waals surface area (Å²) in [5.74, 6) is 0.344. The predicted molar refractivity (Wildman–Crippen MR) is 93.7 cm³/mol. The molecule has 1 aliphatic carbocycles. The summed E-state index contributed by atoms with van der Waals surface area (Å²) in [4.78, 5) is 19.9. The molecule has 0 saturated heterocycles. The van der Waals surface area contributed by atoms with Gasteiger partial charge in [0.15, 0.2) is 5.82 Å². The minimum Gasteiger partial charge on any atom is -0.481 e. The van der Waals surface area contributed by atoms with E-state index in [1.165, 1.54) is 0 Å². The Morgan fingerprint density at radius 2 is 1.96 bits per heavy atom. The smallest absolute Gasteiger partial charge is 0.306 e. The van der Waals surface area contributed by atoms with E-state index in [1.54, 1.807) is 10.9 Å². The molecule has 7 heteroatoms. The quantitative estimate of drug-likeness (QED) is 0.760. The molecule has 3 aromatic rings. The Kier molecular flexibility index (Phi) is 4.05. The number of anilines is 1. The van der Waals surface area contributed by atoms with Crippen molar-refractivity contribution in [3.05, 3.63) is 42.7 Å². The molecule has 25 heavy (non-hydrogen) atoms. The lowest BCUT2D eigenvalue weighted by Crippen LogP contribution is -2.30. The second-order valence-corrected chi connectivity index (χ2v) is 6.38. The van der Waals surface area contributed by atoms with Gasteiger partial charge in [0, 0.05) is 23.7 Å². The minimum absolute atomic E-state index is 0.209. The minimum atomic E-state index is -0.692. The second-order valence-electron chi connectivity index (χ2n) is 6.38. The van der Waals surface area contributed by atoms with E-state index in [0.29, 0.717) is 24.6 Å². The lowest BCUT2D eigenvalue weighted by atomic mass is 9.86. The first-order valence-corrected chi connectivity index (χ1v) is 8.46. The molecular formula is C18H19N5O2. The van der Waals surface area contributed by atoms with Crippen molar-refractivity contribution in [2.45, 2.75) is 31.7 Å². The highest BCUT2D eigenvalue weighted by molar-refractivity contribution is 5.79. The number of nitrogens with zero attached hydrogens (tertiary/aromatic N) is 4. The van der Waals surface area contributed by atoms with Crippen LogP contribution in [-0.2, 0) is 4.79 Å². The van der Waals surface area contributed by atoms with Crippen LogP contribution in [0.1, 0.15) is 25.7 Å². The Labute approximate surface area is 144 Å². The molecule has 0 unspecified atom stereocenters. The Morgan fingerprint density at radius 3 is 2.76 bits per heavy atom. The van der Waals surface area contributed by atoms with Gasteiger partial charge in [0.25, 0.3) is 0 Å². The Balaban J connectivity index is 1.51. The first-order chi connectivity index (χ1) is 12.2. The third-order valence-corrected chi connectivity index (χ3v) is 4.74. The maximum Gasteiger partial charge on any atom is 0.306 e. The fourth-order valence-corrected chi connectivity index (χ4v) is 3.36. The van der Waals surface area contributed by atoms with Crippen molar-refractivity contribution in [1.82, 2.24) is 19.7 Å². The number of aliphatic carboxylic acids is 1. The molecule has 0 radical (unpaired) electrons. The van der Waals surface area contributed by atoms with Gasteiger partial charge in [0.05, 0.1) is 17.6 Å². The molecule has 0 spiro atoms. The van der Waals surface area contributed by atoms with Crippen molar-refractivity contribution in [2.75, 3.05) is 5.32 Å². The third kappa shape index (κ3) is 3.17. The zero-order valence-electron chi connectivity index (χ0n) is 13.7. The number of benzene rings is 1. The van der Waals surface area contributed by atoms with Gasteiger partial charge < -0.3 is 10.4 Å². The lowest BCUT2D eigenvalue weighted by Gasteiger charge is -2.26. The van der Waals surface area contributed by atoms with Crippen molar-refractivity contribution in [2.24, 2.45) is 5.92 Å². The van der Waals surface area contributed by atoms with Crippen LogP contribution in [0, 0.1) is 5.92 Å². The van der Waals surface area contributed by atoms with Crippen LogP contribution in [0.25, 0.3) is 16.7 Å². The van der Waals surface area contributed by atoms with Crippen molar-refractivity contribution < 1.29 is 9.90 Å². The largest absolute Gasteiger partial charge is 0.481 e. The van der Waals surface area contributed by atoms with E-state index in [2.05, 4.69) is 20.4 Å². The molecule has 7 nitrogen and oxygen atoms in total. The summed E-state index contributed by atoms with van der Waals surface area (Å²) in [7, 11) is 0. The van der Waals surface area contributed by atoms with Gasteiger partial charge in [0.1, 0.15) is 0 Å². The highest BCUT2D eigenvalue weighted by atomic mass is 16.4. The topological polar surface area (TPSA) is 92.9 Å². The number of rotatable bonds is 4. The van der Waals surface area contributed by atoms with E-state index in [0.717, 1.165) is 23.7 Å². The highest BCUT2D eigenvalue weighted by Crippen LogP contribution is 2.26. The maximum absolute atomic E-state index is 11.0. The first-order valence-electron chi connectivity index (χ1n) is 8.46. The Bertz CT molecular complexity index is 899. The van der Waals surface area contributed by atoms with Crippen molar-refractivity contribution in [3.63, 3.8) is 0 Å². The summed E-state index contributed by atoms with van der Waals surface area (Å²) < 4.78 is 1.80. The molecular weight excluding hydrogens is 318 g/mol. The molecule has 128 valence electrons. The predicted octanol–water partition coefficient (Wildman–Crippen LogP) is 2.87.